The average Bonchev–Trinajstić information content (AvgIpc) is 3.09. The van der Waals surface area contributed by atoms with E-state index < -0.39 is 84.3 Å². The van der Waals surface area contributed by atoms with Gasteiger partial charge in [0.1, 0.15) is 30.2 Å². The number of guanidine groups is 1. The number of carboxylic acid groups (broad SMARTS) is 1. The minimum absolute atomic E-state index is 0.0177. The molecule has 0 aromatic heterocycles. The highest BCUT2D eigenvalue weighted by Crippen LogP contribution is 2.10. The normalized spacial score (nSPS) is 14.5. The Labute approximate surface area is 305 Å². The summed E-state index contributed by atoms with van der Waals surface area (Å²) in [6.07, 6.45) is 4.04. The molecule has 20 nitrogen and oxygen atoms in total. The van der Waals surface area contributed by atoms with E-state index in [1.165, 1.54) is 0 Å². The van der Waals surface area contributed by atoms with Crippen LogP contribution in [0.3, 0.4) is 0 Å². The van der Waals surface area contributed by atoms with Crippen LogP contribution in [0.5, 0.6) is 0 Å². The van der Waals surface area contributed by atoms with Gasteiger partial charge in [-0.05, 0) is 89.8 Å². The number of unbranched alkanes of at least 4 members (excludes halogenated alkanes) is 3. The number of aliphatic hydroxyl groups is 1. The van der Waals surface area contributed by atoms with E-state index in [2.05, 4.69) is 31.6 Å². The smallest absolute Gasteiger partial charge is 0.326 e. The summed E-state index contributed by atoms with van der Waals surface area (Å²) >= 11 is 0. The first-order valence-electron chi connectivity index (χ1n) is 17.9. The maximum absolute atomic E-state index is 13.7. The van der Waals surface area contributed by atoms with Gasteiger partial charge in [-0.2, -0.15) is 0 Å². The molecule has 300 valence electrons. The fourth-order valence-corrected chi connectivity index (χ4v) is 4.99. The molecule has 0 saturated carbocycles. The van der Waals surface area contributed by atoms with Crippen molar-refractivity contribution in [2.75, 3.05) is 32.8 Å². The molecule has 0 aliphatic rings. The van der Waals surface area contributed by atoms with Crippen LogP contribution < -0.4 is 61.0 Å². The minimum atomic E-state index is -1.40. The molecule has 0 saturated heterocycles. The van der Waals surface area contributed by atoms with Crippen LogP contribution in [0.1, 0.15) is 84.5 Å². The summed E-state index contributed by atoms with van der Waals surface area (Å²) in [6.45, 7) is 3.78. The van der Waals surface area contributed by atoms with Gasteiger partial charge in [-0.25, -0.2) is 4.79 Å². The van der Waals surface area contributed by atoms with Gasteiger partial charge in [0, 0.05) is 6.54 Å². The van der Waals surface area contributed by atoms with Crippen molar-refractivity contribution in [3.63, 3.8) is 0 Å². The zero-order valence-corrected chi connectivity index (χ0v) is 30.6. The molecule has 5 amide bonds. The fraction of sp³-hybridized carbons (Fsp3) is 0.781. The summed E-state index contributed by atoms with van der Waals surface area (Å²) in [5, 5.41) is 32.3. The van der Waals surface area contributed by atoms with Crippen molar-refractivity contribution in [3.8, 4) is 0 Å². The highest BCUT2D eigenvalue weighted by atomic mass is 16.4. The van der Waals surface area contributed by atoms with Crippen LogP contribution in [0, 0.1) is 5.92 Å². The van der Waals surface area contributed by atoms with Gasteiger partial charge in [0.25, 0.3) is 0 Å². The van der Waals surface area contributed by atoms with E-state index in [9.17, 15) is 39.0 Å². The molecule has 0 aliphatic heterocycles. The Morgan fingerprint density at radius 3 is 1.44 bits per heavy atom. The molecule has 0 unspecified atom stereocenters. The number of rotatable bonds is 29. The summed E-state index contributed by atoms with van der Waals surface area (Å²) in [5.74, 6) is -5.61. The van der Waals surface area contributed by atoms with Crippen molar-refractivity contribution in [2.24, 2.45) is 45.3 Å². The number of nitrogens with two attached hydrogens (primary N) is 6. The second-order valence-electron chi connectivity index (χ2n) is 12.9. The van der Waals surface area contributed by atoms with Gasteiger partial charge in [0.2, 0.25) is 29.5 Å². The Balaban J connectivity index is 5.93. The Morgan fingerprint density at radius 2 is 1.00 bits per heavy atom. The number of carbonyl (C=O) groups excluding carboxylic acids is 5. The van der Waals surface area contributed by atoms with Crippen LogP contribution in [0.4, 0.5) is 0 Å². The van der Waals surface area contributed by atoms with Gasteiger partial charge in [-0.3, -0.25) is 29.0 Å². The molecular weight excluding hydrogens is 680 g/mol. The number of aliphatic carboxylic acids is 1. The molecule has 6 atom stereocenters. The third-order valence-corrected chi connectivity index (χ3v) is 8.09. The second-order valence-corrected chi connectivity index (χ2v) is 12.9. The van der Waals surface area contributed by atoms with E-state index in [0.717, 1.165) is 0 Å². The molecule has 20 heteroatoms. The van der Waals surface area contributed by atoms with Crippen LogP contribution in [0.15, 0.2) is 4.99 Å². The maximum atomic E-state index is 13.7. The lowest BCUT2D eigenvalue weighted by molar-refractivity contribution is -0.142. The van der Waals surface area contributed by atoms with Gasteiger partial charge in [0.15, 0.2) is 5.96 Å². The quantitative estimate of drug-likeness (QED) is 0.0197. The number of aliphatic imine (C=N–C) groups is 1. The van der Waals surface area contributed by atoms with Crippen LogP contribution in [-0.4, -0.2) is 121 Å². The van der Waals surface area contributed by atoms with Gasteiger partial charge >= 0.3 is 5.97 Å². The number of nitrogens with zero attached hydrogens (tertiary/aromatic N) is 1. The van der Waals surface area contributed by atoms with Crippen molar-refractivity contribution < 1.29 is 39.0 Å². The summed E-state index contributed by atoms with van der Waals surface area (Å²) in [7, 11) is 0. The number of carbonyl (C=O) groups is 6. The molecule has 0 fully saturated rings. The summed E-state index contributed by atoms with van der Waals surface area (Å²) in [6, 6.07) is -7.15. The first-order valence-corrected chi connectivity index (χ1v) is 17.9. The third kappa shape index (κ3) is 20.1. The van der Waals surface area contributed by atoms with E-state index in [-0.39, 0.29) is 38.2 Å². The predicted octanol–water partition coefficient (Wildman–Crippen LogP) is -4.09. The third-order valence-electron chi connectivity index (χ3n) is 8.09. The lowest BCUT2D eigenvalue weighted by Gasteiger charge is -2.28. The van der Waals surface area contributed by atoms with E-state index in [4.69, 9.17) is 34.4 Å². The minimum Gasteiger partial charge on any atom is -0.480 e. The van der Waals surface area contributed by atoms with Crippen LogP contribution >= 0.6 is 0 Å². The van der Waals surface area contributed by atoms with Gasteiger partial charge in [-0.1, -0.05) is 20.3 Å². The molecule has 0 aromatic rings. The molecule has 19 N–H and O–H groups in total. The maximum Gasteiger partial charge on any atom is 0.326 e. The number of hydrogen-bond acceptors (Lipinski definition) is 12. The molecule has 0 heterocycles. The number of carboxylic acids is 1. The lowest BCUT2D eigenvalue weighted by Crippen LogP contribution is -2.60. The molecular formula is C32H64N12O8. The zero-order chi connectivity index (χ0) is 39.6. The van der Waals surface area contributed by atoms with Crippen molar-refractivity contribution >= 4 is 41.5 Å². The second kappa shape index (κ2) is 27.5. The summed E-state index contributed by atoms with van der Waals surface area (Å²) in [5.41, 5.74) is 33.3. The highest BCUT2D eigenvalue weighted by molar-refractivity contribution is 5.96. The highest BCUT2D eigenvalue weighted by Gasteiger charge is 2.33. The van der Waals surface area contributed by atoms with Crippen molar-refractivity contribution in [2.45, 2.75) is 121 Å². The number of hydrogen-bond donors (Lipinski definition) is 13. The Bertz CT molecular complexity index is 1140. The monoisotopic (exact) mass is 744 g/mol. The average molecular weight is 745 g/mol. The van der Waals surface area contributed by atoms with E-state index in [1.807, 2.05) is 0 Å². The standard InChI is InChI=1S/C32H64N12O8/c1-19(2)25(44-29(49)24(18-45)43-26(46)20(36)10-3-6-14-33)30(50)41-22(12-5-8-16-35)27(47)40-21(11-4-7-15-34)28(48)42-23(31(51)52)13-9-17-39-32(37)38/h19-25,45H,3-18,33-36H2,1-2H3,(H,40,47)(H,41,50)(H,42,48)(H,43,46)(H,44,49)(H,51,52)(H4,37,38,39)/t20-,21-,22-,23-,24-,25-/m0/s1. The molecule has 0 bridgehead atoms. The SMILES string of the molecule is CC(C)[C@H](NC(=O)[C@H](CO)NC(=O)[C@@H](N)CCCCN)C(=O)N[C@@H](CCCCN)C(=O)N[C@@H](CCCCN)C(=O)N[C@@H](CCCN=C(N)N)C(=O)O. The summed E-state index contributed by atoms with van der Waals surface area (Å²) in [4.78, 5) is 81.9. The number of amides is 5. The lowest BCUT2D eigenvalue weighted by atomic mass is 10.0. The van der Waals surface area contributed by atoms with Crippen LogP contribution in [0.2, 0.25) is 0 Å². The Morgan fingerprint density at radius 1 is 0.577 bits per heavy atom. The molecule has 0 radical (unpaired) electrons. The van der Waals surface area contributed by atoms with Crippen LogP contribution in [0.25, 0.3) is 0 Å². The van der Waals surface area contributed by atoms with E-state index >= 15 is 0 Å². The zero-order valence-electron chi connectivity index (χ0n) is 30.6. The topological polar surface area (TPSA) is 372 Å². The van der Waals surface area contributed by atoms with Crippen molar-refractivity contribution in [1.29, 1.82) is 0 Å². The molecule has 0 aromatic carbocycles. The van der Waals surface area contributed by atoms with E-state index in [1.54, 1.807) is 13.8 Å². The van der Waals surface area contributed by atoms with Crippen molar-refractivity contribution in [3.05, 3.63) is 0 Å². The Hall–Kier alpha value is -4.11. The first-order chi connectivity index (χ1) is 24.6. The number of aliphatic hydroxyl groups excluding tert-OH is 1. The van der Waals surface area contributed by atoms with E-state index in [0.29, 0.717) is 64.6 Å². The van der Waals surface area contributed by atoms with Gasteiger partial charge in [-0.15, -0.1) is 0 Å². The largest absolute Gasteiger partial charge is 0.480 e. The molecule has 0 spiro atoms. The fourth-order valence-electron chi connectivity index (χ4n) is 4.99. The molecule has 0 rings (SSSR count). The first kappa shape index (κ1) is 47.9. The predicted molar refractivity (Wildman–Crippen MR) is 196 cm³/mol. The van der Waals surface area contributed by atoms with Gasteiger partial charge in [0.05, 0.1) is 12.6 Å². The molecule has 0 aliphatic carbocycles. The van der Waals surface area contributed by atoms with Crippen LogP contribution in [-0.2, 0) is 28.8 Å². The Kier molecular flexibility index (Phi) is 25.4. The van der Waals surface area contributed by atoms with Crippen molar-refractivity contribution in [1.82, 2.24) is 26.6 Å². The molecule has 52 heavy (non-hydrogen) atoms. The summed E-state index contributed by atoms with van der Waals surface area (Å²) < 4.78 is 0. The number of nitrogens with one attached hydrogen (secondary N) is 5. The van der Waals surface area contributed by atoms with Gasteiger partial charge < -0.3 is 71.2 Å².